The van der Waals surface area contributed by atoms with Crippen molar-refractivity contribution in [2.45, 2.75) is 6.92 Å². The number of hydrogen-bond acceptors (Lipinski definition) is 3. The molecule has 1 rings (SSSR count). The Morgan fingerprint density at radius 2 is 2.25 bits per heavy atom. The molecule has 4 nitrogen and oxygen atoms in total. The Labute approximate surface area is 70.0 Å². The van der Waals surface area contributed by atoms with Gasteiger partial charge < -0.3 is 5.73 Å². The molecule has 1 amide bonds. The van der Waals surface area contributed by atoms with Crippen LogP contribution >= 0.6 is 0 Å². The number of anilines is 1. The van der Waals surface area contributed by atoms with Crippen LogP contribution in [-0.2, 0) is 0 Å². The molecule has 1 aromatic carbocycles. The summed E-state index contributed by atoms with van der Waals surface area (Å²) in [5.41, 5.74) is 8.74. The Bertz CT molecular complexity index is 310. The third-order valence-electron chi connectivity index (χ3n) is 1.64. The van der Waals surface area contributed by atoms with Gasteiger partial charge in [0.2, 0.25) is 5.91 Å². The lowest BCUT2D eigenvalue weighted by Crippen LogP contribution is -2.11. The van der Waals surface area contributed by atoms with Crippen LogP contribution < -0.4 is 11.2 Å². The van der Waals surface area contributed by atoms with Gasteiger partial charge in [-0.25, -0.2) is 0 Å². The maximum absolute atomic E-state index is 10.7. The number of primary amides is 1. The molecule has 0 aliphatic heterocycles. The van der Waals surface area contributed by atoms with E-state index in [0.717, 1.165) is 5.56 Å². The molecular weight excluding hydrogens is 156 g/mol. The van der Waals surface area contributed by atoms with E-state index in [1.165, 1.54) is 6.07 Å². The first-order valence-corrected chi connectivity index (χ1v) is 3.45. The molecule has 4 heteroatoms. The van der Waals surface area contributed by atoms with Crippen LogP contribution in [0.25, 0.3) is 0 Å². The smallest absolute Gasteiger partial charge is 0.248 e. The van der Waals surface area contributed by atoms with Gasteiger partial charge in [-0.1, -0.05) is 6.07 Å². The van der Waals surface area contributed by atoms with Crippen molar-refractivity contribution in [3.05, 3.63) is 29.3 Å². The van der Waals surface area contributed by atoms with Crippen molar-refractivity contribution >= 4 is 11.6 Å². The quantitative estimate of drug-likeness (QED) is 0.571. The molecule has 0 aromatic heterocycles. The van der Waals surface area contributed by atoms with Crippen LogP contribution in [0.2, 0.25) is 0 Å². The number of carbonyl (C=O) groups is 1. The van der Waals surface area contributed by atoms with Gasteiger partial charge in [-0.2, -0.15) is 0 Å². The highest BCUT2D eigenvalue weighted by molar-refractivity contribution is 5.93. The van der Waals surface area contributed by atoms with Gasteiger partial charge in [0.25, 0.3) is 0 Å². The minimum atomic E-state index is -0.508. The van der Waals surface area contributed by atoms with E-state index in [9.17, 15) is 4.79 Å². The highest BCUT2D eigenvalue weighted by Gasteiger charge is 2.02. The summed E-state index contributed by atoms with van der Waals surface area (Å²) in [7, 11) is 0. The van der Waals surface area contributed by atoms with Crippen LogP contribution in [0.5, 0.6) is 0 Å². The second kappa shape index (κ2) is 3.23. The molecule has 0 spiro atoms. The first kappa shape index (κ1) is 8.55. The van der Waals surface area contributed by atoms with Crippen LogP contribution in [0, 0.1) is 6.92 Å². The highest BCUT2D eigenvalue weighted by atomic mass is 16.5. The van der Waals surface area contributed by atoms with Gasteiger partial charge in [-0.15, -0.1) is 0 Å². The zero-order valence-electron chi connectivity index (χ0n) is 6.66. The summed E-state index contributed by atoms with van der Waals surface area (Å²) in [4.78, 5) is 10.7. The van der Waals surface area contributed by atoms with E-state index in [0.29, 0.717) is 11.3 Å². The summed E-state index contributed by atoms with van der Waals surface area (Å²) in [5.74, 6) is -0.508. The average Bonchev–Trinajstić information content (AvgIpc) is 2.05. The van der Waals surface area contributed by atoms with Gasteiger partial charge in [0, 0.05) is 5.56 Å². The second-order valence-corrected chi connectivity index (χ2v) is 2.51. The maximum atomic E-state index is 10.7. The van der Waals surface area contributed by atoms with Crippen molar-refractivity contribution in [3.8, 4) is 0 Å². The molecule has 0 bridgehead atoms. The molecule has 0 aliphatic rings. The Hall–Kier alpha value is -1.55. The van der Waals surface area contributed by atoms with E-state index in [-0.39, 0.29) is 0 Å². The molecule has 4 N–H and O–H groups in total. The Kier molecular flexibility index (Phi) is 2.30. The lowest BCUT2D eigenvalue weighted by atomic mass is 10.1. The lowest BCUT2D eigenvalue weighted by Gasteiger charge is -2.04. The third kappa shape index (κ3) is 1.54. The molecule has 12 heavy (non-hydrogen) atoms. The van der Waals surface area contributed by atoms with E-state index >= 15 is 0 Å². The summed E-state index contributed by atoms with van der Waals surface area (Å²) < 4.78 is 0. The molecule has 0 radical (unpaired) electrons. The van der Waals surface area contributed by atoms with E-state index < -0.39 is 5.91 Å². The van der Waals surface area contributed by atoms with Gasteiger partial charge in [-0.3, -0.25) is 15.5 Å². The fourth-order valence-corrected chi connectivity index (χ4v) is 0.896. The van der Waals surface area contributed by atoms with Crippen molar-refractivity contribution in [1.29, 1.82) is 0 Å². The predicted molar refractivity (Wildman–Crippen MR) is 45.1 cm³/mol. The standard InChI is InChI=1S/C8H10N2O2/c1-5-2-3-6(8(9)11)4-7(5)10-12/h2-4,10,12H,1H3,(H2,9,11). The normalized spacial score (nSPS) is 9.50. The van der Waals surface area contributed by atoms with Crippen LogP contribution in [-0.4, -0.2) is 11.1 Å². The predicted octanol–water partition coefficient (Wildman–Crippen LogP) is 0.895. The molecule has 0 fully saturated rings. The summed E-state index contributed by atoms with van der Waals surface area (Å²) in [5, 5.41) is 8.62. The minimum absolute atomic E-state index is 0.372. The largest absolute Gasteiger partial charge is 0.366 e. The van der Waals surface area contributed by atoms with Crippen molar-refractivity contribution in [3.63, 3.8) is 0 Å². The zero-order chi connectivity index (χ0) is 9.14. The van der Waals surface area contributed by atoms with Crippen molar-refractivity contribution in [1.82, 2.24) is 0 Å². The Morgan fingerprint density at radius 1 is 1.58 bits per heavy atom. The summed E-state index contributed by atoms with van der Waals surface area (Å²) in [6.45, 7) is 1.81. The van der Waals surface area contributed by atoms with Crippen LogP contribution in [0.3, 0.4) is 0 Å². The topological polar surface area (TPSA) is 75.4 Å². The summed E-state index contributed by atoms with van der Waals surface area (Å²) in [6.07, 6.45) is 0. The lowest BCUT2D eigenvalue weighted by molar-refractivity contribution is 0.100. The van der Waals surface area contributed by atoms with E-state index in [4.69, 9.17) is 10.9 Å². The Balaban J connectivity index is 3.13. The number of nitrogens with one attached hydrogen (secondary N) is 1. The number of benzene rings is 1. The minimum Gasteiger partial charge on any atom is -0.366 e. The Morgan fingerprint density at radius 3 is 2.75 bits per heavy atom. The van der Waals surface area contributed by atoms with Crippen molar-refractivity contribution in [2.75, 3.05) is 5.48 Å². The summed E-state index contributed by atoms with van der Waals surface area (Å²) >= 11 is 0. The van der Waals surface area contributed by atoms with Gasteiger partial charge in [0.05, 0.1) is 5.69 Å². The van der Waals surface area contributed by atoms with Gasteiger partial charge >= 0.3 is 0 Å². The zero-order valence-corrected chi connectivity index (χ0v) is 6.66. The monoisotopic (exact) mass is 166 g/mol. The van der Waals surface area contributed by atoms with Gasteiger partial charge in [0.1, 0.15) is 0 Å². The first-order chi connectivity index (χ1) is 5.65. The molecular formula is C8H10N2O2. The van der Waals surface area contributed by atoms with E-state index in [2.05, 4.69) is 0 Å². The van der Waals surface area contributed by atoms with Crippen molar-refractivity contribution in [2.24, 2.45) is 5.73 Å². The fraction of sp³-hybridized carbons (Fsp3) is 0.125. The van der Waals surface area contributed by atoms with E-state index in [1.54, 1.807) is 12.1 Å². The molecule has 0 unspecified atom stereocenters. The number of aryl methyl sites for hydroxylation is 1. The van der Waals surface area contributed by atoms with Crippen LogP contribution in [0.1, 0.15) is 15.9 Å². The molecule has 0 saturated heterocycles. The fourth-order valence-electron chi connectivity index (χ4n) is 0.896. The molecule has 0 aliphatic carbocycles. The maximum Gasteiger partial charge on any atom is 0.248 e. The molecule has 0 heterocycles. The van der Waals surface area contributed by atoms with Crippen LogP contribution in [0.15, 0.2) is 18.2 Å². The summed E-state index contributed by atoms with van der Waals surface area (Å²) in [6, 6.07) is 4.81. The molecule has 1 aromatic rings. The van der Waals surface area contributed by atoms with Crippen LogP contribution in [0.4, 0.5) is 5.69 Å². The number of rotatable bonds is 2. The van der Waals surface area contributed by atoms with E-state index in [1.807, 2.05) is 12.4 Å². The average molecular weight is 166 g/mol. The molecule has 0 atom stereocenters. The molecule has 64 valence electrons. The molecule has 0 saturated carbocycles. The first-order valence-electron chi connectivity index (χ1n) is 3.45. The second-order valence-electron chi connectivity index (χ2n) is 2.51. The van der Waals surface area contributed by atoms with Gasteiger partial charge in [0.15, 0.2) is 0 Å². The third-order valence-corrected chi connectivity index (χ3v) is 1.64. The number of amides is 1. The van der Waals surface area contributed by atoms with Crippen molar-refractivity contribution < 1.29 is 10.0 Å². The van der Waals surface area contributed by atoms with Gasteiger partial charge in [-0.05, 0) is 24.6 Å². The number of carbonyl (C=O) groups excluding carboxylic acids is 1. The number of nitrogens with two attached hydrogens (primary N) is 1. The number of hydrogen-bond donors (Lipinski definition) is 3. The highest BCUT2D eigenvalue weighted by Crippen LogP contribution is 2.15. The SMILES string of the molecule is Cc1ccc(C(N)=O)cc1NO.